The molecule has 9 nitrogen and oxygen atoms in total. The maximum atomic E-state index is 12.8. The molecule has 0 aliphatic heterocycles. The van der Waals surface area contributed by atoms with Crippen LogP contribution in [0.4, 0.5) is 11.4 Å². The molecular formula is C21H22N4O5S. The van der Waals surface area contributed by atoms with Gasteiger partial charge in [0, 0.05) is 17.1 Å². The summed E-state index contributed by atoms with van der Waals surface area (Å²) in [5.74, 6) is -1.12. The van der Waals surface area contributed by atoms with E-state index in [2.05, 4.69) is 20.2 Å². The van der Waals surface area contributed by atoms with Crippen LogP contribution in [0.2, 0.25) is 0 Å². The van der Waals surface area contributed by atoms with Crippen molar-refractivity contribution in [2.75, 3.05) is 16.6 Å². The first-order valence-electron chi connectivity index (χ1n) is 9.44. The highest BCUT2D eigenvalue weighted by Crippen LogP contribution is 2.22. The van der Waals surface area contributed by atoms with Crippen molar-refractivity contribution in [2.24, 2.45) is 0 Å². The largest absolute Gasteiger partial charge is 0.462 e. The number of carbonyl (C=O) groups is 2. The molecule has 0 radical (unpaired) electrons. The first-order valence-corrected chi connectivity index (χ1v) is 10.9. The summed E-state index contributed by atoms with van der Waals surface area (Å²) in [7, 11) is -4.11. The number of sulfonamides is 1. The van der Waals surface area contributed by atoms with Gasteiger partial charge in [-0.3, -0.25) is 14.6 Å². The molecule has 0 bridgehead atoms. The second-order valence-corrected chi connectivity index (χ2v) is 8.35. The first-order chi connectivity index (χ1) is 14.7. The Kier molecular flexibility index (Phi) is 6.40. The van der Waals surface area contributed by atoms with E-state index >= 15 is 0 Å². The maximum Gasteiger partial charge on any atom is 0.338 e. The minimum absolute atomic E-state index is 0.103. The van der Waals surface area contributed by atoms with Gasteiger partial charge in [-0.05, 0) is 57.2 Å². The van der Waals surface area contributed by atoms with Gasteiger partial charge in [-0.25, -0.2) is 4.79 Å². The SMILES string of the molecule is CCOC(=O)c1ccc(NC(=O)c2c(S(=O)(=O)Nc3ccc(C)cc3)n[nH]c2C)cc1. The third-order valence-electron chi connectivity index (χ3n) is 4.35. The highest BCUT2D eigenvalue weighted by molar-refractivity contribution is 7.92. The molecule has 0 saturated heterocycles. The summed E-state index contributed by atoms with van der Waals surface area (Å²) in [6.07, 6.45) is 0. The maximum absolute atomic E-state index is 12.8. The van der Waals surface area contributed by atoms with E-state index in [1.54, 1.807) is 38.1 Å². The van der Waals surface area contributed by atoms with Gasteiger partial charge in [0.25, 0.3) is 15.9 Å². The van der Waals surface area contributed by atoms with Crippen molar-refractivity contribution in [1.82, 2.24) is 10.2 Å². The number of carbonyl (C=O) groups excluding carboxylic acids is 2. The summed E-state index contributed by atoms with van der Waals surface area (Å²) in [5.41, 5.74) is 2.25. The van der Waals surface area contributed by atoms with Crippen LogP contribution in [0.5, 0.6) is 0 Å². The summed E-state index contributed by atoms with van der Waals surface area (Å²) >= 11 is 0. The third kappa shape index (κ3) is 5.10. The summed E-state index contributed by atoms with van der Waals surface area (Å²) in [4.78, 5) is 24.6. The number of ether oxygens (including phenoxy) is 1. The fourth-order valence-electron chi connectivity index (χ4n) is 2.79. The average molecular weight is 442 g/mol. The number of amides is 1. The highest BCUT2D eigenvalue weighted by Gasteiger charge is 2.28. The lowest BCUT2D eigenvalue weighted by Gasteiger charge is -2.10. The number of H-pyrrole nitrogens is 1. The van der Waals surface area contributed by atoms with Crippen LogP contribution in [0.25, 0.3) is 0 Å². The fourth-order valence-corrected chi connectivity index (χ4v) is 4.01. The zero-order valence-electron chi connectivity index (χ0n) is 17.2. The van der Waals surface area contributed by atoms with Crippen molar-refractivity contribution in [3.63, 3.8) is 0 Å². The molecule has 0 fully saturated rings. The molecular weight excluding hydrogens is 420 g/mol. The number of esters is 1. The second kappa shape index (κ2) is 9.00. The van der Waals surface area contributed by atoms with Crippen molar-refractivity contribution >= 4 is 33.3 Å². The number of anilines is 2. The Balaban J connectivity index is 1.82. The fraction of sp³-hybridized carbons (Fsp3) is 0.190. The smallest absolute Gasteiger partial charge is 0.338 e. The summed E-state index contributed by atoms with van der Waals surface area (Å²) in [5, 5.41) is 8.59. The lowest BCUT2D eigenvalue weighted by molar-refractivity contribution is 0.0526. The van der Waals surface area contributed by atoms with E-state index in [9.17, 15) is 18.0 Å². The highest BCUT2D eigenvalue weighted by atomic mass is 32.2. The number of aromatic amines is 1. The van der Waals surface area contributed by atoms with Crippen LogP contribution < -0.4 is 10.0 Å². The zero-order chi connectivity index (χ0) is 22.6. The molecule has 3 N–H and O–H groups in total. The topological polar surface area (TPSA) is 130 Å². The van der Waals surface area contributed by atoms with Gasteiger partial charge in [-0.15, -0.1) is 0 Å². The molecule has 0 saturated carbocycles. The predicted molar refractivity (Wildman–Crippen MR) is 116 cm³/mol. The van der Waals surface area contributed by atoms with Gasteiger partial charge in [-0.2, -0.15) is 13.5 Å². The van der Waals surface area contributed by atoms with E-state index < -0.39 is 26.9 Å². The molecule has 1 aromatic heterocycles. The van der Waals surface area contributed by atoms with Gasteiger partial charge >= 0.3 is 5.97 Å². The van der Waals surface area contributed by atoms with Crippen LogP contribution in [0, 0.1) is 13.8 Å². The monoisotopic (exact) mass is 442 g/mol. The second-order valence-electron chi connectivity index (χ2n) is 6.75. The van der Waals surface area contributed by atoms with Gasteiger partial charge in [-0.1, -0.05) is 17.7 Å². The van der Waals surface area contributed by atoms with E-state index in [1.165, 1.54) is 24.3 Å². The molecule has 1 heterocycles. The van der Waals surface area contributed by atoms with Gasteiger partial charge in [0.1, 0.15) is 5.56 Å². The summed E-state index contributed by atoms with van der Waals surface area (Å²) in [6.45, 7) is 5.40. The number of nitrogens with one attached hydrogen (secondary N) is 3. The Morgan fingerprint density at radius 1 is 1.00 bits per heavy atom. The van der Waals surface area contributed by atoms with Crippen molar-refractivity contribution in [3.05, 3.63) is 70.9 Å². The van der Waals surface area contributed by atoms with Crippen molar-refractivity contribution in [3.8, 4) is 0 Å². The Morgan fingerprint density at radius 3 is 2.23 bits per heavy atom. The Bertz CT molecular complexity index is 1200. The lowest BCUT2D eigenvalue weighted by atomic mass is 10.2. The average Bonchev–Trinajstić information content (AvgIpc) is 3.13. The Labute approximate surface area is 179 Å². The van der Waals surface area contributed by atoms with Crippen molar-refractivity contribution < 1.29 is 22.7 Å². The van der Waals surface area contributed by atoms with Crippen LogP contribution in [-0.4, -0.2) is 37.1 Å². The minimum Gasteiger partial charge on any atom is -0.462 e. The number of aromatic nitrogens is 2. The van der Waals surface area contributed by atoms with Gasteiger partial charge in [0.15, 0.2) is 0 Å². The molecule has 0 unspecified atom stereocenters. The molecule has 0 atom stereocenters. The molecule has 3 aromatic rings. The summed E-state index contributed by atoms with van der Waals surface area (Å²) < 4.78 is 33.0. The molecule has 0 aliphatic rings. The quantitative estimate of drug-likeness (QED) is 0.482. The first kappa shape index (κ1) is 22.0. The molecule has 0 aliphatic carbocycles. The van der Waals surface area contributed by atoms with E-state index in [4.69, 9.17) is 4.74 Å². The normalized spacial score (nSPS) is 11.1. The van der Waals surface area contributed by atoms with Crippen LogP contribution in [0.3, 0.4) is 0 Å². The number of hydrogen-bond donors (Lipinski definition) is 3. The van der Waals surface area contributed by atoms with E-state index in [-0.39, 0.29) is 12.2 Å². The third-order valence-corrected chi connectivity index (χ3v) is 5.66. The molecule has 10 heteroatoms. The van der Waals surface area contributed by atoms with E-state index in [0.717, 1.165) is 5.56 Å². The number of benzene rings is 2. The Hall–Kier alpha value is -3.66. The number of rotatable bonds is 7. The van der Waals surface area contributed by atoms with E-state index in [0.29, 0.717) is 22.6 Å². The van der Waals surface area contributed by atoms with Gasteiger partial charge in [0.05, 0.1) is 12.2 Å². The molecule has 1 amide bonds. The van der Waals surface area contributed by atoms with Crippen LogP contribution in [-0.2, 0) is 14.8 Å². The van der Waals surface area contributed by atoms with Gasteiger partial charge in [0.2, 0.25) is 5.03 Å². The van der Waals surface area contributed by atoms with Crippen LogP contribution >= 0.6 is 0 Å². The van der Waals surface area contributed by atoms with Crippen LogP contribution in [0.15, 0.2) is 53.6 Å². The molecule has 3 rings (SSSR count). The zero-order valence-corrected chi connectivity index (χ0v) is 18.0. The Morgan fingerprint density at radius 2 is 1.61 bits per heavy atom. The van der Waals surface area contributed by atoms with Crippen LogP contribution in [0.1, 0.15) is 38.9 Å². The predicted octanol–water partition coefficient (Wildman–Crippen LogP) is 3.26. The summed E-state index contributed by atoms with van der Waals surface area (Å²) in [6, 6.07) is 12.8. The van der Waals surface area contributed by atoms with E-state index in [1.807, 2.05) is 6.92 Å². The van der Waals surface area contributed by atoms with Crippen molar-refractivity contribution in [2.45, 2.75) is 25.8 Å². The minimum atomic E-state index is -4.11. The number of aryl methyl sites for hydroxylation is 2. The lowest BCUT2D eigenvalue weighted by Crippen LogP contribution is -2.20. The molecule has 162 valence electrons. The molecule has 31 heavy (non-hydrogen) atoms. The molecule has 2 aromatic carbocycles. The van der Waals surface area contributed by atoms with Crippen molar-refractivity contribution in [1.29, 1.82) is 0 Å². The molecule has 0 spiro atoms. The number of nitrogens with zero attached hydrogens (tertiary/aromatic N) is 1. The van der Waals surface area contributed by atoms with Gasteiger partial charge < -0.3 is 10.1 Å². The number of hydrogen-bond acceptors (Lipinski definition) is 6. The standard InChI is InChI=1S/C21H22N4O5S/c1-4-30-21(27)15-7-11-16(12-8-15)22-19(26)18-14(3)23-24-20(18)31(28,29)25-17-9-5-13(2)6-10-17/h5-12,25H,4H2,1-3H3,(H,22,26)(H,23,24).